The fourth-order valence-electron chi connectivity index (χ4n) is 1.02. The van der Waals surface area contributed by atoms with Crippen LogP contribution in [0.15, 0.2) is 12.1 Å². The van der Waals surface area contributed by atoms with Crippen LogP contribution in [0.5, 0.6) is 5.75 Å². The summed E-state index contributed by atoms with van der Waals surface area (Å²) in [6, 6.07) is 3.79. The SMILES string of the molecule is COc1ccc(C)c(CCl)c1Cl. The topological polar surface area (TPSA) is 9.23 Å². The number of aryl methyl sites for hydroxylation is 1. The lowest BCUT2D eigenvalue weighted by Gasteiger charge is -2.08. The molecule has 1 nitrogen and oxygen atoms in total. The summed E-state index contributed by atoms with van der Waals surface area (Å²) in [5.74, 6) is 1.10. The summed E-state index contributed by atoms with van der Waals surface area (Å²) in [6.45, 7) is 1.98. The van der Waals surface area contributed by atoms with E-state index < -0.39 is 0 Å². The Kier molecular flexibility index (Phi) is 3.24. The van der Waals surface area contributed by atoms with Gasteiger partial charge in [0.1, 0.15) is 5.75 Å². The molecular formula is C9H10Cl2O. The molecule has 0 N–H and O–H groups in total. The van der Waals surface area contributed by atoms with Crippen LogP contribution in [0.1, 0.15) is 11.1 Å². The molecular weight excluding hydrogens is 195 g/mol. The van der Waals surface area contributed by atoms with E-state index in [9.17, 15) is 0 Å². The summed E-state index contributed by atoms with van der Waals surface area (Å²) in [7, 11) is 1.59. The van der Waals surface area contributed by atoms with Gasteiger partial charge in [-0.3, -0.25) is 0 Å². The third-order valence-electron chi connectivity index (χ3n) is 1.80. The van der Waals surface area contributed by atoms with Crippen molar-refractivity contribution in [2.45, 2.75) is 12.8 Å². The summed E-state index contributed by atoms with van der Waals surface area (Å²) >= 11 is 11.7. The van der Waals surface area contributed by atoms with Gasteiger partial charge in [-0.15, -0.1) is 11.6 Å². The van der Waals surface area contributed by atoms with E-state index >= 15 is 0 Å². The molecule has 0 radical (unpaired) electrons. The van der Waals surface area contributed by atoms with Gasteiger partial charge in [-0.1, -0.05) is 17.7 Å². The predicted molar refractivity (Wildman–Crippen MR) is 52.3 cm³/mol. The van der Waals surface area contributed by atoms with Crippen LogP contribution in [0.3, 0.4) is 0 Å². The van der Waals surface area contributed by atoms with Gasteiger partial charge >= 0.3 is 0 Å². The normalized spacial score (nSPS) is 10.0. The second-order valence-corrected chi connectivity index (χ2v) is 3.16. The van der Waals surface area contributed by atoms with Gasteiger partial charge in [0.25, 0.3) is 0 Å². The minimum absolute atomic E-state index is 0.419. The summed E-state index contributed by atoms with van der Waals surface area (Å²) in [6.07, 6.45) is 0. The smallest absolute Gasteiger partial charge is 0.137 e. The van der Waals surface area contributed by atoms with Crippen molar-refractivity contribution in [2.24, 2.45) is 0 Å². The molecule has 0 aliphatic carbocycles. The molecule has 0 fully saturated rings. The summed E-state index contributed by atoms with van der Waals surface area (Å²) in [5.41, 5.74) is 2.04. The molecule has 0 unspecified atom stereocenters. The average molecular weight is 205 g/mol. The van der Waals surface area contributed by atoms with Crippen LogP contribution in [0.2, 0.25) is 5.02 Å². The highest BCUT2D eigenvalue weighted by molar-refractivity contribution is 6.33. The molecule has 0 saturated heterocycles. The second kappa shape index (κ2) is 4.01. The van der Waals surface area contributed by atoms with Gasteiger partial charge in [0.15, 0.2) is 0 Å². The first-order chi connectivity index (χ1) is 5.70. The Morgan fingerprint density at radius 3 is 2.58 bits per heavy atom. The zero-order valence-corrected chi connectivity index (χ0v) is 8.54. The maximum absolute atomic E-state index is 6.00. The van der Waals surface area contributed by atoms with E-state index in [1.54, 1.807) is 7.11 Å². The molecule has 0 aliphatic heterocycles. The first-order valence-electron chi connectivity index (χ1n) is 3.58. The Hall–Kier alpha value is -0.400. The first-order valence-corrected chi connectivity index (χ1v) is 4.50. The van der Waals surface area contributed by atoms with Crippen molar-refractivity contribution >= 4 is 23.2 Å². The number of hydrogen-bond acceptors (Lipinski definition) is 1. The molecule has 1 aromatic carbocycles. The minimum atomic E-state index is 0.419. The number of ether oxygens (including phenoxy) is 1. The quantitative estimate of drug-likeness (QED) is 0.672. The molecule has 66 valence electrons. The highest BCUT2D eigenvalue weighted by atomic mass is 35.5. The molecule has 0 spiro atoms. The standard InChI is InChI=1S/C9H10Cl2O/c1-6-3-4-8(12-2)9(11)7(6)5-10/h3-4H,5H2,1-2H3. The van der Waals surface area contributed by atoms with E-state index in [1.807, 2.05) is 19.1 Å². The van der Waals surface area contributed by atoms with E-state index in [2.05, 4.69) is 0 Å². The van der Waals surface area contributed by atoms with Crippen LogP contribution in [0, 0.1) is 6.92 Å². The van der Waals surface area contributed by atoms with E-state index in [-0.39, 0.29) is 0 Å². The van der Waals surface area contributed by atoms with E-state index in [0.29, 0.717) is 16.7 Å². The van der Waals surface area contributed by atoms with Gasteiger partial charge in [-0.25, -0.2) is 0 Å². The molecule has 1 aromatic rings. The minimum Gasteiger partial charge on any atom is -0.495 e. The van der Waals surface area contributed by atoms with Crippen LogP contribution < -0.4 is 4.74 Å². The number of methoxy groups -OCH3 is 1. The number of alkyl halides is 1. The molecule has 0 atom stereocenters. The third-order valence-corrected chi connectivity index (χ3v) is 2.48. The third kappa shape index (κ3) is 1.67. The average Bonchev–Trinajstić information content (AvgIpc) is 2.06. The number of rotatable bonds is 2. The molecule has 0 bridgehead atoms. The van der Waals surface area contributed by atoms with Crippen LogP contribution in [-0.2, 0) is 5.88 Å². The van der Waals surface area contributed by atoms with Crippen molar-refractivity contribution in [3.05, 3.63) is 28.3 Å². The van der Waals surface area contributed by atoms with Crippen LogP contribution >= 0.6 is 23.2 Å². The molecule has 0 saturated carbocycles. The Bertz CT molecular complexity index is 284. The lowest BCUT2D eigenvalue weighted by atomic mass is 10.1. The van der Waals surface area contributed by atoms with Gasteiger partial charge in [-0.05, 0) is 24.1 Å². The van der Waals surface area contributed by atoms with Gasteiger partial charge in [0, 0.05) is 5.88 Å². The summed E-state index contributed by atoms with van der Waals surface area (Å²) < 4.78 is 5.05. The zero-order chi connectivity index (χ0) is 9.14. The zero-order valence-electron chi connectivity index (χ0n) is 7.03. The van der Waals surface area contributed by atoms with Crippen molar-refractivity contribution in [3.8, 4) is 5.75 Å². The van der Waals surface area contributed by atoms with Gasteiger partial charge < -0.3 is 4.74 Å². The van der Waals surface area contributed by atoms with Gasteiger partial charge in [0.05, 0.1) is 12.1 Å². The lowest BCUT2D eigenvalue weighted by molar-refractivity contribution is 0.414. The van der Waals surface area contributed by atoms with Crippen LogP contribution in [0.4, 0.5) is 0 Å². The first kappa shape index (κ1) is 9.69. The Labute approximate surface area is 82.2 Å². The van der Waals surface area contributed by atoms with Crippen molar-refractivity contribution < 1.29 is 4.74 Å². The van der Waals surface area contributed by atoms with Crippen molar-refractivity contribution in [3.63, 3.8) is 0 Å². The lowest BCUT2D eigenvalue weighted by Crippen LogP contribution is -1.91. The van der Waals surface area contributed by atoms with Crippen molar-refractivity contribution in [1.82, 2.24) is 0 Å². The van der Waals surface area contributed by atoms with Crippen LogP contribution in [0.25, 0.3) is 0 Å². The Morgan fingerprint density at radius 2 is 2.08 bits per heavy atom. The van der Waals surface area contributed by atoms with Crippen molar-refractivity contribution in [1.29, 1.82) is 0 Å². The fourth-order valence-corrected chi connectivity index (χ4v) is 1.79. The number of halogens is 2. The summed E-state index contributed by atoms with van der Waals surface area (Å²) in [4.78, 5) is 0. The second-order valence-electron chi connectivity index (χ2n) is 2.51. The molecule has 0 amide bonds. The molecule has 0 heterocycles. The number of benzene rings is 1. The van der Waals surface area contributed by atoms with E-state index in [1.165, 1.54) is 0 Å². The van der Waals surface area contributed by atoms with Gasteiger partial charge in [-0.2, -0.15) is 0 Å². The Balaban J connectivity index is 3.24. The van der Waals surface area contributed by atoms with E-state index in [0.717, 1.165) is 11.1 Å². The maximum atomic E-state index is 6.00. The molecule has 1 rings (SSSR count). The number of hydrogen-bond donors (Lipinski definition) is 0. The van der Waals surface area contributed by atoms with Crippen molar-refractivity contribution in [2.75, 3.05) is 7.11 Å². The molecule has 0 aliphatic rings. The molecule has 0 aromatic heterocycles. The van der Waals surface area contributed by atoms with Crippen LogP contribution in [-0.4, -0.2) is 7.11 Å². The maximum Gasteiger partial charge on any atom is 0.137 e. The predicted octanol–water partition coefficient (Wildman–Crippen LogP) is 3.40. The highest BCUT2D eigenvalue weighted by Gasteiger charge is 2.07. The molecule has 12 heavy (non-hydrogen) atoms. The monoisotopic (exact) mass is 204 g/mol. The largest absolute Gasteiger partial charge is 0.495 e. The molecule has 3 heteroatoms. The van der Waals surface area contributed by atoms with Gasteiger partial charge in [0.2, 0.25) is 0 Å². The van der Waals surface area contributed by atoms with E-state index in [4.69, 9.17) is 27.9 Å². The Morgan fingerprint density at radius 1 is 1.42 bits per heavy atom. The fraction of sp³-hybridized carbons (Fsp3) is 0.333. The summed E-state index contributed by atoms with van der Waals surface area (Å²) in [5, 5.41) is 0.618. The highest BCUT2D eigenvalue weighted by Crippen LogP contribution is 2.31.